The van der Waals surface area contributed by atoms with Gasteiger partial charge in [-0.05, 0) is 17.5 Å². The zero-order chi connectivity index (χ0) is 24.7. The van der Waals surface area contributed by atoms with Crippen molar-refractivity contribution in [3.8, 4) is 0 Å². The molecule has 0 saturated heterocycles. The molecular weight excluding hydrogens is 467 g/mol. The smallest absolute Gasteiger partial charge is 0.388 e. The molecule has 1 aromatic carbocycles. The number of hydrogen-bond acceptors (Lipinski definition) is 1. The van der Waals surface area contributed by atoms with Crippen LogP contribution in [0.4, 0.5) is 57.1 Å². The van der Waals surface area contributed by atoms with E-state index in [1.54, 1.807) is 6.92 Å². The van der Waals surface area contributed by atoms with Gasteiger partial charge in [0.2, 0.25) is 0 Å². The van der Waals surface area contributed by atoms with Crippen molar-refractivity contribution in [2.45, 2.75) is 68.1 Å². The number of aliphatic hydroxyl groups excluding tert-OH is 1. The number of rotatable bonds is 9. The summed E-state index contributed by atoms with van der Waals surface area (Å²) in [6, 6.07) is 4.39. The molecule has 0 aromatic heterocycles. The lowest BCUT2D eigenvalue weighted by Crippen LogP contribution is -2.70. The van der Waals surface area contributed by atoms with Crippen molar-refractivity contribution in [2.24, 2.45) is 0 Å². The summed E-state index contributed by atoms with van der Waals surface area (Å²) in [5, 5.41) is 9.62. The summed E-state index contributed by atoms with van der Waals surface area (Å²) in [5.74, 6) is -37.3. The predicted molar refractivity (Wildman–Crippen MR) is 80.8 cm³/mol. The molecule has 1 nitrogen and oxygen atoms in total. The van der Waals surface area contributed by atoms with Crippen molar-refractivity contribution in [2.75, 3.05) is 0 Å². The second kappa shape index (κ2) is 8.32. The van der Waals surface area contributed by atoms with Crippen LogP contribution >= 0.6 is 0 Å². The first-order chi connectivity index (χ1) is 13.7. The Morgan fingerprint density at radius 2 is 1.10 bits per heavy atom. The molecule has 31 heavy (non-hydrogen) atoms. The van der Waals surface area contributed by atoms with Crippen LogP contribution < -0.4 is 0 Å². The van der Waals surface area contributed by atoms with Crippen LogP contribution in [0.15, 0.2) is 24.3 Å². The fourth-order valence-corrected chi connectivity index (χ4v) is 2.49. The van der Waals surface area contributed by atoms with Crippen molar-refractivity contribution < 1.29 is 62.2 Å². The highest BCUT2D eigenvalue weighted by molar-refractivity contribution is 5.25. The predicted octanol–water partition coefficient (Wildman–Crippen LogP) is 6.80. The highest BCUT2D eigenvalue weighted by Crippen LogP contribution is 2.61. The molecule has 1 atom stereocenters. The van der Waals surface area contributed by atoms with Crippen molar-refractivity contribution in [3.63, 3.8) is 0 Å². The largest absolute Gasteiger partial charge is 0.460 e. The van der Waals surface area contributed by atoms with E-state index in [-0.39, 0.29) is 0 Å². The van der Waals surface area contributed by atoms with Gasteiger partial charge in [0.15, 0.2) is 0 Å². The van der Waals surface area contributed by atoms with E-state index < -0.39 is 53.9 Å². The van der Waals surface area contributed by atoms with Crippen LogP contribution in [0.2, 0.25) is 0 Å². The summed E-state index contributed by atoms with van der Waals surface area (Å²) in [7, 11) is 0. The van der Waals surface area contributed by atoms with Crippen molar-refractivity contribution in [3.05, 3.63) is 35.4 Å². The van der Waals surface area contributed by atoms with E-state index in [4.69, 9.17) is 0 Å². The molecule has 0 heterocycles. The van der Waals surface area contributed by atoms with Gasteiger partial charge in [-0.25, -0.2) is 0 Å². The first-order valence-electron chi connectivity index (χ1n) is 8.40. The molecule has 0 aliphatic heterocycles. The average molecular weight is 482 g/mol. The molecule has 180 valence electrons. The number of hydrogen-bond donors (Lipinski definition) is 1. The van der Waals surface area contributed by atoms with Crippen LogP contribution in [-0.2, 0) is 6.42 Å². The number of halogens is 13. The molecule has 0 aliphatic rings. The Morgan fingerprint density at radius 1 is 0.677 bits per heavy atom. The van der Waals surface area contributed by atoms with Gasteiger partial charge in [0.25, 0.3) is 0 Å². The molecule has 1 N–H and O–H groups in total. The van der Waals surface area contributed by atoms with E-state index in [0.29, 0.717) is 18.4 Å². The zero-order valence-electron chi connectivity index (χ0n) is 15.4. The van der Waals surface area contributed by atoms with E-state index in [1.165, 1.54) is 12.1 Å². The van der Waals surface area contributed by atoms with Gasteiger partial charge in [-0.2, -0.15) is 57.1 Å². The quantitative estimate of drug-likeness (QED) is 0.384. The highest BCUT2D eigenvalue weighted by Gasteiger charge is 2.90. The minimum Gasteiger partial charge on any atom is -0.388 e. The number of benzene rings is 1. The molecule has 1 rings (SSSR count). The SMILES string of the molecule is CCCc1ccc(C(O)CC(F)(F)C(F)(F)C(F)(F)C(F)(F)C(F)(F)C(F)(F)F)cc1. The Morgan fingerprint density at radius 3 is 1.48 bits per heavy atom. The maximum absolute atomic E-state index is 13.8. The first kappa shape index (κ1) is 27.3. The van der Waals surface area contributed by atoms with Gasteiger partial charge >= 0.3 is 35.8 Å². The molecule has 0 fully saturated rings. The third-order valence-corrected chi connectivity index (χ3v) is 4.35. The summed E-state index contributed by atoms with van der Waals surface area (Å²) in [6.45, 7) is 1.77. The van der Waals surface area contributed by atoms with Gasteiger partial charge in [0, 0.05) is 6.42 Å². The average Bonchev–Trinajstić information content (AvgIpc) is 2.60. The van der Waals surface area contributed by atoms with Crippen LogP contribution in [0, 0.1) is 0 Å². The van der Waals surface area contributed by atoms with Gasteiger partial charge in [0.05, 0.1) is 6.10 Å². The van der Waals surface area contributed by atoms with E-state index in [9.17, 15) is 62.2 Å². The number of aliphatic hydroxyl groups is 1. The third-order valence-electron chi connectivity index (χ3n) is 4.35. The van der Waals surface area contributed by atoms with Gasteiger partial charge in [0.1, 0.15) is 0 Å². The molecule has 1 unspecified atom stereocenters. The first-order valence-corrected chi connectivity index (χ1v) is 8.40. The van der Waals surface area contributed by atoms with Crippen LogP contribution in [0.3, 0.4) is 0 Å². The lowest BCUT2D eigenvalue weighted by molar-refractivity contribution is -0.440. The number of aryl methyl sites for hydroxylation is 1. The van der Waals surface area contributed by atoms with Gasteiger partial charge in [-0.1, -0.05) is 37.6 Å². The fraction of sp³-hybridized carbons (Fsp3) is 0.647. The minimum atomic E-state index is -7.95. The Labute approximate surface area is 166 Å². The molecule has 0 spiro atoms. The van der Waals surface area contributed by atoms with Crippen LogP contribution in [-0.4, -0.2) is 40.9 Å². The topological polar surface area (TPSA) is 20.2 Å². The van der Waals surface area contributed by atoms with Gasteiger partial charge < -0.3 is 5.11 Å². The van der Waals surface area contributed by atoms with E-state index in [0.717, 1.165) is 12.1 Å². The van der Waals surface area contributed by atoms with Crippen molar-refractivity contribution in [1.29, 1.82) is 0 Å². The zero-order valence-corrected chi connectivity index (χ0v) is 15.4. The van der Waals surface area contributed by atoms with Crippen molar-refractivity contribution >= 4 is 0 Å². The lowest BCUT2D eigenvalue weighted by atomic mass is 9.90. The summed E-state index contributed by atoms with van der Waals surface area (Å²) >= 11 is 0. The Bertz CT molecular complexity index is 737. The number of alkyl halides is 13. The van der Waals surface area contributed by atoms with Gasteiger partial charge in [-0.15, -0.1) is 0 Å². The maximum atomic E-state index is 13.8. The maximum Gasteiger partial charge on any atom is 0.460 e. The molecule has 0 bridgehead atoms. The second-order valence-corrected chi connectivity index (χ2v) is 6.71. The highest BCUT2D eigenvalue weighted by atomic mass is 19.4. The third kappa shape index (κ3) is 4.58. The van der Waals surface area contributed by atoms with Gasteiger partial charge in [-0.3, -0.25) is 0 Å². The Kier molecular flexibility index (Phi) is 7.33. The monoisotopic (exact) mass is 482 g/mol. The fourth-order valence-electron chi connectivity index (χ4n) is 2.49. The standard InChI is InChI=1S/C17H15F13O/c1-2-3-9-4-6-10(7-5-9)11(31)8-12(18,19)13(20,21)14(22,23)15(24,25)16(26,27)17(28,29)30/h4-7,11,31H,2-3,8H2,1H3. The van der Waals surface area contributed by atoms with Crippen molar-refractivity contribution in [1.82, 2.24) is 0 Å². The second-order valence-electron chi connectivity index (χ2n) is 6.71. The van der Waals surface area contributed by atoms with E-state index in [2.05, 4.69) is 0 Å². The summed E-state index contributed by atoms with van der Waals surface area (Å²) < 4.78 is 170. The molecule has 14 heteroatoms. The normalized spacial score (nSPS) is 15.8. The molecule has 1 aromatic rings. The molecule has 0 aliphatic carbocycles. The Balaban J connectivity index is 3.26. The molecular formula is C17H15F13O. The molecule has 0 radical (unpaired) electrons. The minimum absolute atomic E-state index is 0.485. The Hall–Kier alpha value is -1.73. The van der Waals surface area contributed by atoms with E-state index in [1.807, 2.05) is 0 Å². The molecule has 0 amide bonds. The van der Waals surface area contributed by atoms with E-state index >= 15 is 0 Å². The van der Waals surface area contributed by atoms with Crippen LogP contribution in [0.5, 0.6) is 0 Å². The molecule has 0 saturated carbocycles. The van der Waals surface area contributed by atoms with Crippen LogP contribution in [0.1, 0.15) is 37.0 Å². The lowest BCUT2D eigenvalue weighted by Gasteiger charge is -2.40. The summed E-state index contributed by atoms with van der Waals surface area (Å²) in [5.41, 5.74) is 0.0714. The summed E-state index contributed by atoms with van der Waals surface area (Å²) in [4.78, 5) is 0. The summed E-state index contributed by atoms with van der Waals surface area (Å²) in [6.07, 6.45) is -11.7. The van der Waals surface area contributed by atoms with Crippen LogP contribution in [0.25, 0.3) is 0 Å².